The van der Waals surface area contributed by atoms with Crippen LogP contribution in [0.15, 0.2) is 6.20 Å². The fourth-order valence-electron chi connectivity index (χ4n) is 3.11. The summed E-state index contributed by atoms with van der Waals surface area (Å²) in [5.41, 5.74) is 2.70. The molecule has 114 valence electrons. The highest BCUT2D eigenvalue weighted by Gasteiger charge is 2.28. The van der Waals surface area contributed by atoms with Gasteiger partial charge in [0.1, 0.15) is 0 Å². The van der Waals surface area contributed by atoms with Gasteiger partial charge in [-0.1, -0.05) is 34.1 Å². The summed E-state index contributed by atoms with van der Waals surface area (Å²) >= 11 is 2.11. The third-order valence-electron chi connectivity index (χ3n) is 4.00. The van der Waals surface area contributed by atoms with E-state index in [-0.39, 0.29) is 5.41 Å². The van der Waals surface area contributed by atoms with Crippen LogP contribution < -0.4 is 5.32 Å². The minimum absolute atomic E-state index is 0.117. The van der Waals surface area contributed by atoms with E-state index in [4.69, 9.17) is 0 Å². The first-order valence-corrected chi connectivity index (χ1v) is 8.84. The van der Waals surface area contributed by atoms with Crippen LogP contribution >= 0.6 is 11.8 Å². The van der Waals surface area contributed by atoms with Crippen molar-refractivity contribution in [3.63, 3.8) is 0 Å². The lowest BCUT2D eigenvalue weighted by Gasteiger charge is -2.22. The first-order chi connectivity index (χ1) is 9.41. The summed E-state index contributed by atoms with van der Waals surface area (Å²) in [6, 6.07) is 0.674. The second-order valence-electron chi connectivity index (χ2n) is 6.84. The molecule has 2 atom stereocenters. The minimum Gasteiger partial charge on any atom is -0.309 e. The Morgan fingerprint density at radius 1 is 1.40 bits per heavy atom. The molecule has 2 rings (SSSR count). The number of nitrogens with one attached hydrogen (secondary N) is 1. The lowest BCUT2D eigenvalue weighted by atomic mass is 9.89. The largest absolute Gasteiger partial charge is 0.309 e. The summed E-state index contributed by atoms with van der Waals surface area (Å²) in [4.78, 5) is 0. The Bertz CT molecular complexity index is 433. The highest BCUT2D eigenvalue weighted by atomic mass is 32.2. The maximum Gasteiger partial charge on any atom is 0.0722 e. The molecule has 1 aromatic rings. The number of aromatic nitrogens is 2. The molecule has 0 radical (unpaired) electrons. The highest BCUT2D eigenvalue weighted by molar-refractivity contribution is 7.99. The first-order valence-electron chi connectivity index (χ1n) is 7.79. The number of thioether (sulfide) groups is 1. The molecule has 1 aliphatic carbocycles. The van der Waals surface area contributed by atoms with Gasteiger partial charge in [0.15, 0.2) is 0 Å². The zero-order chi connectivity index (χ0) is 14.8. The van der Waals surface area contributed by atoms with Gasteiger partial charge >= 0.3 is 0 Å². The molecule has 0 amide bonds. The summed E-state index contributed by atoms with van der Waals surface area (Å²) in [5.74, 6) is 1.23. The predicted octanol–water partition coefficient (Wildman–Crippen LogP) is 3.48. The lowest BCUT2D eigenvalue weighted by molar-refractivity contribution is 0.513. The van der Waals surface area contributed by atoms with Crippen molar-refractivity contribution in [2.75, 3.05) is 5.75 Å². The zero-order valence-corrected chi connectivity index (χ0v) is 14.4. The third kappa shape index (κ3) is 3.79. The lowest BCUT2D eigenvalue weighted by Crippen LogP contribution is -2.34. The Morgan fingerprint density at radius 2 is 2.15 bits per heavy atom. The van der Waals surface area contributed by atoms with Gasteiger partial charge < -0.3 is 5.32 Å². The summed E-state index contributed by atoms with van der Waals surface area (Å²) in [6.45, 7) is 9.93. The van der Waals surface area contributed by atoms with Crippen molar-refractivity contribution in [2.24, 2.45) is 7.05 Å². The van der Waals surface area contributed by atoms with Crippen molar-refractivity contribution in [3.8, 4) is 0 Å². The fraction of sp³-hybridized carbons (Fsp3) is 0.812. The Morgan fingerprint density at radius 3 is 2.80 bits per heavy atom. The summed E-state index contributed by atoms with van der Waals surface area (Å²) in [7, 11) is 2.02. The van der Waals surface area contributed by atoms with Crippen molar-refractivity contribution in [1.29, 1.82) is 0 Å². The van der Waals surface area contributed by atoms with Gasteiger partial charge in [0.25, 0.3) is 0 Å². The smallest absolute Gasteiger partial charge is 0.0722 e. The van der Waals surface area contributed by atoms with E-state index in [9.17, 15) is 0 Å². The molecule has 3 nitrogen and oxygen atoms in total. The second kappa shape index (κ2) is 6.52. The highest BCUT2D eigenvalue weighted by Crippen LogP contribution is 2.30. The van der Waals surface area contributed by atoms with Crippen molar-refractivity contribution >= 4 is 11.8 Å². The van der Waals surface area contributed by atoms with Crippen LogP contribution in [0.25, 0.3) is 0 Å². The number of aryl methyl sites for hydroxylation is 1. The predicted molar refractivity (Wildman–Crippen MR) is 88.3 cm³/mol. The average Bonchev–Trinajstić information content (AvgIpc) is 2.93. The van der Waals surface area contributed by atoms with Crippen molar-refractivity contribution in [1.82, 2.24) is 15.1 Å². The Labute approximate surface area is 127 Å². The second-order valence-corrected chi connectivity index (χ2v) is 8.35. The molecule has 2 unspecified atom stereocenters. The van der Waals surface area contributed by atoms with E-state index in [1.165, 1.54) is 36.3 Å². The van der Waals surface area contributed by atoms with E-state index in [0.29, 0.717) is 6.04 Å². The molecule has 1 aromatic heterocycles. The molecule has 1 fully saturated rings. The quantitative estimate of drug-likeness (QED) is 0.902. The Balaban J connectivity index is 2.00. The normalized spacial score (nSPS) is 23.4. The molecule has 20 heavy (non-hydrogen) atoms. The summed E-state index contributed by atoms with van der Waals surface area (Å²) in [5, 5.41) is 9.24. The maximum atomic E-state index is 4.65. The standard InChI is InChI=1S/C16H29N3S/c1-6-20-14-9-7-8-13(14)17-10-12-11-19(5)18-15(12)16(2,3)4/h11,13-14,17H,6-10H2,1-5H3. The van der Waals surface area contributed by atoms with Crippen molar-refractivity contribution < 1.29 is 0 Å². The van der Waals surface area contributed by atoms with E-state index < -0.39 is 0 Å². The molecular formula is C16H29N3S. The fourth-order valence-corrected chi connectivity index (χ4v) is 4.34. The average molecular weight is 295 g/mol. The van der Waals surface area contributed by atoms with Crippen LogP contribution in [-0.2, 0) is 19.0 Å². The van der Waals surface area contributed by atoms with Crippen molar-refractivity contribution in [2.45, 2.75) is 70.2 Å². The third-order valence-corrected chi connectivity index (χ3v) is 5.33. The van der Waals surface area contributed by atoms with Crippen LogP contribution in [-0.4, -0.2) is 26.8 Å². The van der Waals surface area contributed by atoms with Gasteiger partial charge in [0, 0.05) is 42.1 Å². The van der Waals surface area contributed by atoms with Crippen LogP contribution in [0.1, 0.15) is 58.2 Å². The van der Waals surface area contributed by atoms with Gasteiger partial charge in [0.2, 0.25) is 0 Å². The van der Waals surface area contributed by atoms with E-state index >= 15 is 0 Å². The van der Waals surface area contributed by atoms with E-state index in [1.54, 1.807) is 0 Å². The van der Waals surface area contributed by atoms with Crippen LogP contribution in [0.2, 0.25) is 0 Å². The van der Waals surface area contributed by atoms with Gasteiger partial charge in [-0.05, 0) is 18.6 Å². The van der Waals surface area contributed by atoms with E-state index in [2.05, 4.69) is 56.1 Å². The summed E-state index contributed by atoms with van der Waals surface area (Å²) < 4.78 is 1.95. The van der Waals surface area contributed by atoms with E-state index in [0.717, 1.165) is 11.8 Å². The maximum absolute atomic E-state index is 4.65. The number of rotatable bonds is 5. The van der Waals surface area contributed by atoms with Gasteiger partial charge in [-0.2, -0.15) is 16.9 Å². The molecule has 0 aliphatic heterocycles. The molecule has 1 N–H and O–H groups in total. The van der Waals surface area contributed by atoms with Crippen LogP contribution in [0, 0.1) is 0 Å². The molecule has 0 bridgehead atoms. The van der Waals surface area contributed by atoms with Gasteiger partial charge in [0.05, 0.1) is 5.69 Å². The molecule has 0 saturated heterocycles. The van der Waals surface area contributed by atoms with Crippen LogP contribution in [0.3, 0.4) is 0 Å². The Hall–Kier alpha value is -0.480. The Kier molecular flexibility index (Phi) is 5.19. The van der Waals surface area contributed by atoms with Crippen molar-refractivity contribution in [3.05, 3.63) is 17.5 Å². The zero-order valence-electron chi connectivity index (χ0n) is 13.6. The minimum atomic E-state index is 0.117. The molecule has 4 heteroatoms. The van der Waals surface area contributed by atoms with Gasteiger partial charge in [-0.25, -0.2) is 0 Å². The molecule has 1 saturated carbocycles. The first kappa shape index (κ1) is 15.9. The van der Waals surface area contributed by atoms with Crippen LogP contribution in [0.4, 0.5) is 0 Å². The van der Waals surface area contributed by atoms with Gasteiger partial charge in [-0.15, -0.1) is 0 Å². The molecule has 1 heterocycles. The molecular weight excluding hydrogens is 266 g/mol. The number of nitrogens with zero attached hydrogens (tertiary/aromatic N) is 2. The SMILES string of the molecule is CCSC1CCCC1NCc1cn(C)nc1C(C)(C)C. The van der Waals surface area contributed by atoms with Gasteiger partial charge in [-0.3, -0.25) is 4.68 Å². The number of hydrogen-bond acceptors (Lipinski definition) is 3. The molecule has 1 aliphatic rings. The van der Waals surface area contributed by atoms with Crippen LogP contribution in [0.5, 0.6) is 0 Å². The summed E-state index contributed by atoms with van der Waals surface area (Å²) in [6.07, 6.45) is 6.23. The monoisotopic (exact) mass is 295 g/mol. The topological polar surface area (TPSA) is 29.9 Å². The number of hydrogen-bond donors (Lipinski definition) is 1. The molecule has 0 aromatic carbocycles. The van der Waals surface area contributed by atoms with E-state index in [1.807, 2.05) is 11.7 Å². The molecule has 0 spiro atoms.